The Morgan fingerprint density at radius 3 is 2.65 bits per heavy atom. The number of furan rings is 1. The summed E-state index contributed by atoms with van der Waals surface area (Å²) in [5.41, 5.74) is 2.74. The molecule has 2 aliphatic heterocycles. The van der Waals surface area contributed by atoms with Crippen molar-refractivity contribution in [3.8, 4) is 5.75 Å². The Kier molecular flexibility index (Phi) is 6.52. The molecular weight excluding hydrogens is 472 g/mol. The Morgan fingerprint density at radius 2 is 1.92 bits per heavy atom. The van der Waals surface area contributed by atoms with Crippen LogP contribution >= 0.6 is 0 Å². The number of ether oxygens (including phenoxy) is 3. The van der Waals surface area contributed by atoms with Crippen LogP contribution in [0.1, 0.15) is 65.1 Å². The van der Waals surface area contributed by atoms with E-state index in [-0.39, 0.29) is 41.2 Å². The summed E-state index contributed by atoms with van der Waals surface area (Å²) in [5, 5.41) is 1.74. The van der Waals surface area contributed by atoms with Gasteiger partial charge in [0.1, 0.15) is 29.1 Å². The largest absolute Gasteiger partial charge is 0.492 e. The highest BCUT2D eigenvalue weighted by Gasteiger charge is 2.61. The molecule has 7 heteroatoms. The fourth-order valence-corrected chi connectivity index (χ4v) is 5.45. The first kappa shape index (κ1) is 25.3. The molecule has 4 atom stereocenters. The van der Waals surface area contributed by atoms with Crippen molar-refractivity contribution in [2.75, 3.05) is 7.11 Å². The Morgan fingerprint density at radius 1 is 1.14 bits per heavy atom. The first-order valence-corrected chi connectivity index (χ1v) is 12.9. The van der Waals surface area contributed by atoms with Gasteiger partial charge in [-0.05, 0) is 51.7 Å². The number of rotatable bonds is 2. The van der Waals surface area contributed by atoms with Crippen molar-refractivity contribution in [1.82, 2.24) is 0 Å². The van der Waals surface area contributed by atoms with Gasteiger partial charge in [-0.2, -0.15) is 0 Å². The molecular formula is C30H34O7. The number of hydrogen-bond acceptors (Lipinski definition) is 7. The van der Waals surface area contributed by atoms with Crippen molar-refractivity contribution in [2.24, 2.45) is 5.92 Å². The van der Waals surface area contributed by atoms with Gasteiger partial charge in [0.2, 0.25) is 0 Å². The zero-order valence-corrected chi connectivity index (χ0v) is 22.1. The number of fused-ring (bicyclic) bond motifs is 5. The van der Waals surface area contributed by atoms with E-state index in [2.05, 4.69) is 26.5 Å². The van der Waals surface area contributed by atoms with Crippen molar-refractivity contribution >= 4 is 27.9 Å². The maximum Gasteiger partial charge on any atom is 0.336 e. The fraction of sp³-hybridized carbons (Fsp3) is 0.467. The van der Waals surface area contributed by atoms with Gasteiger partial charge >= 0.3 is 11.6 Å². The summed E-state index contributed by atoms with van der Waals surface area (Å²) in [6.45, 7) is 12.3. The van der Waals surface area contributed by atoms with Gasteiger partial charge in [-0.15, -0.1) is 0 Å². The van der Waals surface area contributed by atoms with E-state index < -0.39 is 0 Å². The predicted molar refractivity (Wildman–Crippen MR) is 141 cm³/mol. The molecule has 0 N–H and O–H groups in total. The smallest absolute Gasteiger partial charge is 0.336 e. The summed E-state index contributed by atoms with van der Waals surface area (Å²) in [4.78, 5) is 22.9. The quantitative estimate of drug-likeness (QED) is 0.130. The topological polar surface area (TPSA) is 91.4 Å². The van der Waals surface area contributed by atoms with E-state index in [0.29, 0.717) is 16.7 Å². The lowest BCUT2D eigenvalue weighted by molar-refractivity contribution is -0.140. The maximum atomic E-state index is 11.7. The average molecular weight is 507 g/mol. The minimum Gasteiger partial charge on any atom is -0.492 e. The summed E-state index contributed by atoms with van der Waals surface area (Å²) in [7, 11) is 1.63. The molecule has 6 rings (SSSR count). The molecule has 2 aromatic heterocycles. The monoisotopic (exact) mass is 506 g/mol. The summed E-state index contributed by atoms with van der Waals surface area (Å²) in [5.74, 6) is 1.67. The first-order chi connectivity index (χ1) is 17.6. The molecule has 3 aromatic rings. The zero-order chi connectivity index (χ0) is 26.5. The van der Waals surface area contributed by atoms with Gasteiger partial charge < -0.3 is 23.0 Å². The molecule has 4 heterocycles. The average Bonchev–Trinajstić information content (AvgIpc) is 3.25. The standard InChI is InChI=1S/C15H14O4.C15H20O3/c1-8(2)14-15(17-3)10-6-9-4-5-13(16)18-11(9)7-12(10)19-14;1-9-5-4-8-15(3)13(18-15)12-11(7-6-9)10(2)14(16)17-12/h4-8H,1-3H3;5,11-13H,2,4,6-8H2,1,3H3. The van der Waals surface area contributed by atoms with Crippen LogP contribution < -0.4 is 10.4 Å². The van der Waals surface area contributed by atoms with E-state index in [1.54, 1.807) is 19.2 Å². The second-order valence-electron chi connectivity index (χ2n) is 10.8. The highest BCUT2D eigenvalue weighted by molar-refractivity contribution is 5.97. The summed E-state index contributed by atoms with van der Waals surface area (Å²) >= 11 is 0. The minimum atomic E-state index is -0.366. The lowest BCUT2D eigenvalue weighted by Crippen LogP contribution is -2.28. The Hall–Kier alpha value is -3.32. The van der Waals surface area contributed by atoms with E-state index in [1.807, 2.05) is 19.9 Å². The lowest BCUT2D eigenvalue weighted by Gasteiger charge is -2.19. The van der Waals surface area contributed by atoms with Gasteiger partial charge in [0.15, 0.2) is 5.75 Å². The Bertz CT molecular complexity index is 1460. The molecule has 0 saturated carbocycles. The third kappa shape index (κ3) is 4.73. The number of epoxide rings is 1. The number of esters is 1. The van der Waals surface area contributed by atoms with Crippen molar-refractivity contribution in [2.45, 2.75) is 77.1 Å². The lowest BCUT2D eigenvalue weighted by atomic mass is 9.84. The number of allylic oxidation sites excluding steroid dienone is 2. The van der Waals surface area contributed by atoms with Gasteiger partial charge in [0.25, 0.3) is 0 Å². The first-order valence-electron chi connectivity index (χ1n) is 12.9. The molecule has 7 nitrogen and oxygen atoms in total. The highest BCUT2D eigenvalue weighted by Crippen LogP contribution is 2.49. The number of methoxy groups -OCH3 is 1. The van der Waals surface area contributed by atoms with Crippen molar-refractivity contribution < 1.29 is 27.8 Å². The molecule has 0 bridgehead atoms. The van der Waals surface area contributed by atoms with Crippen LogP contribution in [0.3, 0.4) is 0 Å². The van der Waals surface area contributed by atoms with Crippen molar-refractivity contribution in [1.29, 1.82) is 0 Å². The summed E-state index contributed by atoms with van der Waals surface area (Å²) in [6.07, 6.45) is 6.25. The van der Waals surface area contributed by atoms with Crippen LogP contribution in [0.4, 0.5) is 0 Å². The normalized spacial score (nSPS) is 27.2. The van der Waals surface area contributed by atoms with Crippen LogP contribution in [-0.2, 0) is 14.3 Å². The third-order valence-electron chi connectivity index (χ3n) is 7.71. The van der Waals surface area contributed by atoms with Crippen LogP contribution in [0.2, 0.25) is 0 Å². The number of carbonyl (C=O) groups excluding carboxylic acids is 1. The van der Waals surface area contributed by atoms with E-state index in [9.17, 15) is 9.59 Å². The van der Waals surface area contributed by atoms with Gasteiger partial charge in [0.05, 0.1) is 18.1 Å². The van der Waals surface area contributed by atoms with Crippen LogP contribution in [0.25, 0.3) is 21.9 Å². The molecule has 1 aromatic carbocycles. The molecule has 4 unspecified atom stereocenters. The van der Waals surface area contributed by atoms with Crippen LogP contribution in [-0.4, -0.2) is 30.9 Å². The molecule has 0 radical (unpaired) electrons. The SMILES string of the molecule is C=C1C(=O)OC2C1CCC(C)=CCCC1(C)OC21.COc1c(C(C)C)oc2cc3oc(=O)ccc3cc12. The number of hydrogen-bond donors (Lipinski definition) is 0. The molecule has 2 fully saturated rings. The molecule has 37 heavy (non-hydrogen) atoms. The molecule has 0 spiro atoms. The van der Waals surface area contributed by atoms with Crippen molar-refractivity contribution in [3.63, 3.8) is 0 Å². The second kappa shape index (κ2) is 9.53. The predicted octanol–water partition coefficient (Wildman–Crippen LogP) is 6.43. The van der Waals surface area contributed by atoms with Gasteiger partial charge in [-0.3, -0.25) is 0 Å². The molecule has 196 valence electrons. The molecule has 3 aliphatic rings. The van der Waals surface area contributed by atoms with Crippen LogP contribution in [0.5, 0.6) is 5.75 Å². The fourth-order valence-electron chi connectivity index (χ4n) is 5.45. The van der Waals surface area contributed by atoms with E-state index in [0.717, 1.165) is 48.0 Å². The van der Waals surface area contributed by atoms with E-state index in [1.165, 1.54) is 11.6 Å². The van der Waals surface area contributed by atoms with Crippen molar-refractivity contribution in [3.05, 3.63) is 64.2 Å². The summed E-state index contributed by atoms with van der Waals surface area (Å²) < 4.78 is 27.7. The summed E-state index contributed by atoms with van der Waals surface area (Å²) in [6, 6.07) is 6.80. The third-order valence-corrected chi connectivity index (χ3v) is 7.71. The van der Waals surface area contributed by atoms with Crippen LogP contribution in [0, 0.1) is 5.92 Å². The number of benzene rings is 1. The van der Waals surface area contributed by atoms with Gasteiger partial charge in [0, 0.05) is 34.9 Å². The molecule has 2 saturated heterocycles. The highest BCUT2D eigenvalue weighted by atomic mass is 16.6. The van der Waals surface area contributed by atoms with Crippen LogP contribution in [0.15, 0.2) is 61.7 Å². The van der Waals surface area contributed by atoms with Gasteiger partial charge in [-0.25, -0.2) is 9.59 Å². The number of carbonyl (C=O) groups is 1. The van der Waals surface area contributed by atoms with E-state index >= 15 is 0 Å². The van der Waals surface area contributed by atoms with Gasteiger partial charge in [-0.1, -0.05) is 32.1 Å². The molecule has 0 amide bonds. The maximum absolute atomic E-state index is 11.7. The van der Waals surface area contributed by atoms with E-state index in [4.69, 9.17) is 23.0 Å². The minimum absolute atomic E-state index is 0.0671. The second-order valence-corrected chi connectivity index (χ2v) is 10.8. The molecule has 1 aliphatic carbocycles. The zero-order valence-electron chi connectivity index (χ0n) is 22.1. The Balaban J connectivity index is 0.000000152. The Labute approximate surface area is 216 Å².